The molecule has 0 spiro atoms. The Morgan fingerprint density at radius 3 is 2.05 bits per heavy atom. The van der Waals surface area contributed by atoms with Gasteiger partial charge in [-0.05, 0) is 37.0 Å². The summed E-state index contributed by atoms with van der Waals surface area (Å²) in [5.74, 6) is 0.630. The Morgan fingerprint density at radius 2 is 1.48 bits per heavy atom. The van der Waals surface area contributed by atoms with E-state index in [1.165, 1.54) is 6.42 Å². The van der Waals surface area contributed by atoms with Gasteiger partial charge in [-0.1, -0.05) is 51.3 Å². The molecule has 6 heteroatoms. The van der Waals surface area contributed by atoms with Gasteiger partial charge >= 0.3 is 0 Å². The van der Waals surface area contributed by atoms with Gasteiger partial charge in [0.2, 0.25) is 5.95 Å². The number of hydrogen-bond acceptors (Lipinski definition) is 3. The Kier molecular flexibility index (Phi) is 4.67. The van der Waals surface area contributed by atoms with Crippen molar-refractivity contribution in [1.82, 2.24) is 9.97 Å². The van der Waals surface area contributed by atoms with Gasteiger partial charge in [0.25, 0.3) is 0 Å². The van der Waals surface area contributed by atoms with E-state index >= 15 is 0 Å². The van der Waals surface area contributed by atoms with Crippen LogP contribution in [0.5, 0.6) is 0 Å². The second-order valence-electron chi connectivity index (χ2n) is 5.03. The van der Waals surface area contributed by atoms with Gasteiger partial charge in [0.05, 0.1) is 5.56 Å². The predicted molar refractivity (Wildman–Crippen MR) is 91.3 cm³/mol. The average Bonchev–Trinajstić information content (AvgIpc) is 2.49. The van der Waals surface area contributed by atoms with E-state index in [-0.39, 0.29) is 0 Å². The zero-order valence-corrected chi connectivity index (χ0v) is 14.4. The first-order valence-corrected chi connectivity index (χ1v) is 8.44. The van der Waals surface area contributed by atoms with Crippen molar-refractivity contribution < 1.29 is 0 Å². The monoisotopic (exact) mass is 385 g/mol. The first-order valence-electron chi connectivity index (χ1n) is 6.89. The number of benzene rings is 1. The molecule has 1 fully saturated rings. The van der Waals surface area contributed by atoms with Crippen molar-refractivity contribution in [1.29, 1.82) is 0 Å². The largest absolute Gasteiger partial charge is 0.341 e. The molecule has 21 heavy (non-hydrogen) atoms. The minimum atomic E-state index is 0.401. The van der Waals surface area contributed by atoms with Crippen molar-refractivity contribution in [2.45, 2.75) is 19.3 Å². The molecule has 0 saturated carbocycles. The van der Waals surface area contributed by atoms with Crippen LogP contribution in [0.15, 0.2) is 28.7 Å². The molecule has 1 aliphatic rings. The highest BCUT2D eigenvalue weighted by molar-refractivity contribution is 9.10. The second-order valence-corrected chi connectivity index (χ2v) is 6.67. The quantitative estimate of drug-likeness (QED) is 0.664. The van der Waals surface area contributed by atoms with Gasteiger partial charge in [-0.3, -0.25) is 0 Å². The normalized spacial score (nSPS) is 15.3. The standard InChI is InChI=1S/C15H14BrCl2N3/c16-11-6-4-10(5-7-11)12-13(17)19-15(20-14(12)18)21-8-2-1-3-9-21/h4-7H,1-3,8-9H2. The lowest BCUT2D eigenvalue weighted by Gasteiger charge is -2.27. The summed E-state index contributed by atoms with van der Waals surface area (Å²) in [6.07, 6.45) is 3.58. The van der Waals surface area contributed by atoms with Crippen LogP contribution in [0.2, 0.25) is 10.3 Å². The SMILES string of the molecule is Clc1nc(N2CCCCC2)nc(Cl)c1-c1ccc(Br)cc1. The van der Waals surface area contributed by atoms with E-state index in [9.17, 15) is 0 Å². The molecule has 0 amide bonds. The van der Waals surface area contributed by atoms with E-state index in [0.717, 1.165) is 36.0 Å². The van der Waals surface area contributed by atoms with Crippen LogP contribution >= 0.6 is 39.1 Å². The van der Waals surface area contributed by atoms with Crippen LogP contribution in [-0.4, -0.2) is 23.1 Å². The summed E-state index contributed by atoms with van der Waals surface area (Å²) < 4.78 is 1.00. The van der Waals surface area contributed by atoms with Gasteiger partial charge in [0.15, 0.2) is 0 Å². The maximum absolute atomic E-state index is 6.35. The third kappa shape index (κ3) is 3.33. The number of halogens is 3. The lowest BCUT2D eigenvalue weighted by atomic mass is 10.1. The fourth-order valence-corrected chi connectivity index (χ4v) is 3.35. The van der Waals surface area contributed by atoms with E-state index < -0.39 is 0 Å². The molecule has 1 aromatic carbocycles. The Bertz CT molecular complexity index is 617. The summed E-state index contributed by atoms with van der Waals surface area (Å²) in [6.45, 7) is 1.93. The molecule has 2 heterocycles. The molecule has 1 aliphatic heterocycles. The first kappa shape index (κ1) is 15.1. The van der Waals surface area contributed by atoms with Crippen LogP contribution in [0.3, 0.4) is 0 Å². The molecule has 1 saturated heterocycles. The molecular formula is C15H14BrCl2N3. The molecule has 0 atom stereocenters. The van der Waals surface area contributed by atoms with Crippen molar-refractivity contribution in [3.05, 3.63) is 39.0 Å². The van der Waals surface area contributed by atoms with Crippen molar-refractivity contribution >= 4 is 45.1 Å². The Labute approximate surface area is 142 Å². The first-order chi connectivity index (χ1) is 10.1. The highest BCUT2D eigenvalue weighted by Gasteiger charge is 2.18. The number of nitrogens with zero attached hydrogens (tertiary/aromatic N) is 3. The van der Waals surface area contributed by atoms with Gasteiger partial charge in [0, 0.05) is 17.6 Å². The Balaban J connectivity index is 1.97. The Hall–Kier alpha value is -0.840. The molecule has 2 aromatic rings. The maximum Gasteiger partial charge on any atom is 0.228 e. The van der Waals surface area contributed by atoms with Gasteiger partial charge < -0.3 is 4.90 Å². The Morgan fingerprint density at radius 1 is 0.905 bits per heavy atom. The molecule has 110 valence electrons. The average molecular weight is 387 g/mol. The van der Waals surface area contributed by atoms with Crippen LogP contribution in [0.25, 0.3) is 11.1 Å². The molecular weight excluding hydrogens is 373 g/mol. The summed E-state index contributed by atoms with van der Waals surface area (Å²) in [6, 6.07) is 7.78. The lowest BCUT2D eigenvalue weighted by Crippen LogP contribution is -2.31. The van der Waals surface area contributed by atoms with Crippen LogP contribution in [0.1, 0.15) is 19.3 Å². The third-order valence-corrected chi connectivity index (χ3v) is 4.66. The smallest absolute Gasteiger partial charge is 0.228 e. The topological polar surface area (TPSA) is 29.0 Å². The van der Waals surface area contributed by atoms with E-state index in [4.69, 9.17) is 23.2 Å². The van der Waals surface area contributed by atoms with Gasteiger partial charge in [-0.2, -0.15) is 0 Å². The third-order valence-electron chi connectivity index (χ3n) is 3.58. The van der Waals surface area contributed by atoms with Gasteiger partial charge in [0.1, 0.15) is 10.3 Å². The molecule has 0 radical (unpaired) electrons. The highest BCUT2D eigenvalue weighted by atomic mass is 79.9. The number of aromatic nitrogens is 2. The van der Waals surface area contributed by atoms with E-state index in [2.05, 4.69) is 30.8 Å². The summed E-state index contributed by atoms with van der Waals surface area (Å²) in [7, 11) is 0. The molecule has 0 N–H and O–H groups in total. The number of piperidine rings is 1. The number of rotatable bonds is 2. The van der Waals surface area contributed by atoms with Gasteiger partial charge in [-0.15, -0.1) is 0 Å². The number of anilines is 1. The van der Waals surface area contributed by atoms with Crippen LogP contribution in [0, 0.1) is 0 Å². The maximum atomic E-state index is 6.35. The zero-order valence-electron chi connectivity index (χ0n) is 11.3. The summed E-state index contributed by atoms with van der Waals surface area (Å²) in [4.78, 5) is 11.0. The van der Waals surface area contributed by atoms with Crippen LogP contribution < -0.4 is 4.90 Å². The fourth-order valence-electron chi connectivity index (χ4n) is 2.49. The summed E-state index contributed by atoms with van der Waals surface area (Å²) in [5.41, 5.74) is 1.60. The molecule has 0 unspecified atom stereocenters. The molecule has 0 bridgehead atoms. The van der Waals surface area contributed by atoms with Crippen molar-refractivity contribution in [3.8, 4) is 11.1 Å². The van der Waals surface area contributed by atoms with Crippen LogP contribution in [0.4, 0.5) is 5.95 Å². The highest BCUT2D eigenvalue weighted by Crippen LogP contribution is 2.34. The lowest BCUT2D eigenvalue weighted by molar-refractivity contribution is 0.568. The summed E-state index contributed by atoms with van der Waals surface area (Å²) in [5, 5.41) is 0.802. The minimum Gasteiger partial charge on any atom is -0.341 e. The minimum absolute atomic E-state index is 0.401. The van der Waals surface area contributed by atoms with Crippen molar-refractivity contribution in [2.24, 2.45) is 0 Å². The second kappa shape index (κ2) is 6.51. The zero-order chi connectivity index (χ0) is 14.8. The predicted octanol–water partition coefficient (Wildman–Crippen LogP) is 5.20. The molecule has 3 nitrogen and oxygen atoms in total. The van der Waals surface area contributed by atoms with Gasteiger partial charge in [-0.25, -0.2) is 9.97 Å². The van der Waals surface area contributed by atoms with E-state index in [1.54, 1.807) is 0 Å². The van der Waals surface area contributed by atoms with Crippen molar-refractivity contribution in [3.63, 3.8) is 0 Å². The summed E-state index contributed by atoms with van der Waals surface area (Å²) >= 11 is 16.1. The van der Waals surface area contributed by atoms with Crippen LogP contribution in [-0.2, 0) is 0 Å². The fraction of sp³-hybridized carbons (Fsp3) is 0.333. The molecule has 1 aromatic heterocycles. The van der Waals surface area contributed by atoms with E-state index in [0.29, 0.717) is 21.8 Å². The molecule has 3 rings (SSSR count). The number of hydrogen-bond donors (Lipinski definition) is 0. The molecule has 0 aliphatic carbocycles. The van der Waals surface area contributed by atoms with E-state index in [1.807, 2.05) is 24.3 Å². The van der Waals surface area contributed by atoms with Crippen molar-refractivity contribution in [2.75, 3.05) is 18.0 Å².